The molecule has 2 aromatic heterocycles. The van der Waals surface area contributed by atoms with Crippen molar-refractivity contribution in [2.75, 3.05) is 25.5 Å². The van der Waals surface area contributed by atoms with E-state index in [2.05, 4.69) is 57.6 Å². The topological polar surface area (TPSA) is 134 Å². The van der Waals surface area contributed by atoms with Gasteiger partial charge in [-0.1, -0.05) is 37.6 Å². The van der Waals surface area contributed by atoms with Crippen LogP contribution in [0.5, 0.6) is 0 Å². The van der Waals surface area contributed by atoms with Gasteiger partial charge in [0.1, 0.15) is 0 Å². The van der Waals surface area contributed by atoms with Crippen LogP contribution in [0, 0.1) is 46.3 Å². The lowest BCUT2D eigenvalue weighted by Gasteiger charge is -2.63. The fourth-order valence-corrected chi connectivity index (χ4v) is 11.7. The number of hydrogen-bond donors (Lipinski definition) is 4. The van der Waals surface area contributed by atoms with E-state index in [1.807, 2.05) is 30.5 Å². The van der Waals surface area contributed by atoms with Gasteiger partial charge in [0.2, 0.25) is 0 Å². The number of fused-ring (bicyclic) bond motifs is 6. The number of aromatic nitrogens is 4. The average Bonchev–Trinajstić information content (AvgIpc) is 3.74. The van der Waals surface area contributed by atoms with Gasteiger partial charge in [0.15, 0.2) is 0 Å². The van der Waals surface area contributed by atoms with Gasteiger partial charge in [-0.2, -0.15) is 0 Å². The molecule has 4 saturated carbocycles. The van der Waals surface area contributed by atoms with Crippen molar-refractivity contribution in [3.8, 4) is 0 Å². The van der Waals surface area contributed by atoms with Crippen LogP contribution in [-0.4, -0.2) is 68.6 Å². The summed E-state index contributed by atoms with van der Waals surface area (Å²) in [6.45, 7) is 9.36. The Kier molecular flexibility index (Phi) is 10.7. The molecule has 2 heterocycles. The molecule has 0 spiro atoms. The van der Waals surface area contributed by atoms with E-state index in [0.717, 1.165) is 93.2 Å². The zero-order valence-electron chi connectivity index (χ0n) is 30.7. The predicted molar refractivity (Wildman–Crippen MR) is 199 cm³/mol. The van der Waals surface area contributed by atoms with Crippen molar-refractivity contribution in [2.24, 2.45) is 46.3 Å². The fourth-order valence-electron chi connectivity index (χ4n) is 11.5. The number of esters is 1. The molecular weight excluding hydrogens is 664 g/mol. The van der Waals surface area contributed by atoms with Crippen molar-refractivity contribution in [2.45, 2.75) is 110 Å². The molecular formula is C40H57ClN6O4. The molecule has 4 N–H and O–H groups in total. The van der Waals surface area contributed by atoms with Crippen molar-refractivity contribution in [1.29, 1.82) is 0 Å². The van der Waals surface area contributed by atoms with E-state index in [1.165, 1.54) is 7.11 Å². The highest BCUT2D eigenvalue weighted by Crippen LogP contribution is 2.69. The zero-order chi connectivity index (χ0) is 35.9. The third-order valence-corrected chi connectivity index (χ3v) is 14.6. The average molecular weight is 721 g/mol. The minimum absolute atomic E-state index is 0.0892. The fraction of sp³-hybridized carbons (Fsp3) is 0.700. The third kappa shape index (κ3) is 6.91. The Bertz CT molecular complexity index is 1690. The lowest BCUT2D eigenvalue weighted by Crippen LogP contribution is -2.62. The number of aliphatic hydroxyl groups excluding tert-OH is 2. The molecule has 11 heteroatoms. The molecule has 7 rings (SSSR count). The number of carbonyl (C=O) groups is 1. The first-order valence-electron chi connectivity index (χ1n) is 19.4. The Morgan fingerprint density at radius 3 is 2.78 bits per heavy atom. The van der Waals surface area contributed by atoms with Crippen molar-refractivity contribution in [3.05, 3.63) is 47.4 Å². The first kappa shape index (κ1) is 36.6. The van der Waals surface area contributed by atoms with Crippen molar-refractivity contribution in [1.82, 2.24) is 25.3 Å². The van der Waals surface area contributed by atoms with Crippen molar-refractivity contribution in [3.63, 3.8) is 0 Å². The molecule has 3 unspecified atom stereocenters. The van der Waals surface area contributed by atoms with Gasteiger partial charge in [-0.15, -0.1) is 5.10 Å². The quantitative estimate of drug-likeness (QED) is 0.118. The van der Waals surface area contributed by atoms with Gasteiger partial charge in [-0.05, 0) is 135 Å². The molecule has 0 bridgehead atoms. The van der Waals surface area contributed by atoms with E-state index in [-0.39, 0.29) is 34.9 Å². The molecule has 1 aromatic carbocycles. The first-order valence-corrected chi connectivity index (χ1v) is 19.7. The van der Waals surface area contributed by atoms with E-state index in [9.17, 15) is 15.0 Å². The summed E-state index contributed by atoms with van der Waals surface area (Å²) in [6, 6.07) is 8.06. The molecule has 0 amide bonds. The summed E-state index contributed by atoms with van der Waals surface area (Å²) in [7, 11) is 1.45. The van der Waals surface area contributed by atoms with Gasteiger partial charge in [-0.3, -0.25) is 9.78 Å². The number of anilines is 1. The number of methoxy groups -OCH3 is 1. The van der Waals surface area contributed by atoms with E-state index in [0.29, 0.717) is 47.6 Å². The highest BCUT2D eigenvalue weighted by Gasteiger charge is 2.65. The minimum atomic E-state index is -0.395. The van der Waals surface area contributed by atoms with Crippen molar-refractivity contribution >= 4 is 34.2 Å². The molecule has 278 valence electrons. The smallest absolute Gasteiger partial charge is 0.305 e. The van der Waals surface area contributed by atoms with Gasteiger partial charge in [-0.25, -0.2) is 4.68 Å². The molecule has 4 fully saturated rings. The Labute approximate surface area is 307 Å². The molecule has 51 heavy (non-hydrogen) atoms. The minimum Gasteiger partial charge on any atom is -0.469 e. The van der Waals surface area contributed by atoms with Crippen LogP contribution in [0.2, 0.25) is 5.02 Å². The summed E-state index contributed by atoms with van der Waals surface area (Å²) in [4.78, 5) is 16.3. The summed E-state index contributed by atoms with van der Waals surface area (Å²) in [6.07, 6.45) is 12.1. The van der Waals surface area contributed by atoms with Crippen LogP contribution >= 0.6 is 11.6 Å². The van der Waals surface area contributed by atoms with Gasteiger partial charge >= 0.3 is 5.97 Å². The highest BCUT2D eigenvalue weighted by atomic mass is 35.5. The highest BCUT2D eigenvalue weighted by molar-refractivity contribution is 6.31. The van der Waals surface area contributed by atoms with Gasteiger partial charge in [0, 0.05) is 41.8 Å². The maximum absolute atomic E-state index is 12.0. The molecule has 4 aliphatic carbocycles. The summed E-state index contributed by atoms with van der Waals surface area (Å²) in [5, 5.41) is 41.7. The lowest BCUT2D eigenvalue weighted by molar-refractivity contribution is -0.204. The van der Waals surface area contributed by atoms with Crippen molar-refractivity contribution < 1.29 is 19.7 Å². The Morgan fingerprint density at radius 1 is 1.12 bits per heavy atom. The normalized spacial score (nSPS) is 35.1. The number of nitrogens with one attached hydrogen (secondary N) is 2. The molecule has 4 aliphatic rings. The number of carbonyl (C=O) groups excluding carboxylic acids is 1. The second-order valence-electron chi connectivity index (χ2n) is 16.8. The van der Waals surface area contributed by atoms with Crippen LogP contribution in [-0.2, 0) is 16.1 Å². The number of benzene rings is 1. The summed E-state index contributed by atoms with van der Waals surface area (Å²) < 4.78 is 6.98. The summed E-state index contributed by atoms with van der Waals surface area (Å²) in [5.41, 5.74) is 2.75. The molecule has 11 atom stereocenters. The second kappa shape index (κ2) is 14.9. The molecule has 10 nitrogen and oxygen atoms in total. The SMILES string of the molecule is COC(=O)CC[C@@H](C)[C@H]1CCC2C3C(C[C@H](O)[C@@]21C)[C@@]1(C)CC[C@H](n2cc(CNCCCNc4ccnc5cc(Cl)ccc45)nn2)C[C@H]1C[C@H]3O. The largest absolute Gasteiger partial charge is 0.469 e. The monoisotopic (exact) mass is 720 g/mol. The van der Waals surface area contributed by atoms with Gasteiger partial charge < -0.3 is 25.6 Å². The van der Waals surface area contributed by atoms with Crippen LogP contribution in [0.25, 0.3) is 10.9 Å². The number of rotatable bonds is 12. The van der Waals surface area contributed by atoms with Crippen LogP contribution in [0.15, 0.2) is 36.7 Å². The van der Waals surface area contributed by atoms with Gasteiger partial charge in [0.25, 0.3) is 0 Å². The van der Waals surface area contributed by atoms with Gasteiger partial charge in [0.05, 0.1) is 42.8 Å². The third-order valence-electron chi connectivity index (χ3n) is 14.3. The Hall–Kier alpha value is -2.79. The summed E-state index contributed by atoms with van der Waals surface area (Å²) in [5.74, 6) is 1.72. The lowest BCUT2D eigenvalue weighted by atomic mass is 9.43. The van der Waals surface area contributed by atoms with E-state index in [4.69, 9.17) is 16.3 Å². The standard InChI is InChI=1S/C40H57ClN6O4/c1-24(6-11-37(50)51-4)30-9-10-31-38-32(21-36(49)40(30,31)3)39(2)14-12-28(18-25(39)19-35(38)48)47-23-27(45-46-47)22-42-15-5-16-43-33-13-17-44-34-20-26(41)7-8-29(33)34/h7-8,13,17,20,23-25,28,30-32,35-36,38,42,48-49H,5-6,9-12,14-16,18-19,21-22H2,1-4H3,(H,43,44)/t24-,25+,28+,30-,31?,32?,35-,36+,38?,39+,40-/m1/s1. The van der Waals surface area contributed by atoms with E-state index >= 15 is 0 Å². The van der Waals surface area contributed by atoms with E-state index < -0.39 is 6.10 Å². The van der Waals surface area contributed by atoms with Crippen LogP contribution in [0.4, 0.5) is 5.69 Å². The first-order chi connectivity index (χ1) is 24.5. The Balaban J connectivity index is 0.917. The maximum atomic E-state index is 12.0. The molecule has 0 saturated heterocycles. The number of pyridine rings is 1. The zero-order valence-corrected chi connectivity index (χ0v) is 31.5. The number of halogens is 1. The Morgan fingerprint density at radius 2 is 1.96 bits per heavy atom. The maximum Gasteiger partial charge on any atom is 0.305 e. The number of hydrogen-bond acceptors (Lipinski definition) is 9. The van der Waals surface area contributed by atoms with Crippen LogP contribution < -0.4 is 10.6 Å². The molecule has 0 radical (unpaired) electrons. The number of nitrogens with zero attached hydrogens (tertiary/aromatic N) is 4. The number of ether oxygens (including phenoxy) is 1. The van der Waals surface area contributed by atoms with Crippen LogP contribution in [0.1, 0.15) is 96.7 Å². The van der Waals surface area contributed by atoms with Crippen LogP contribution in [0.3, 0.4) is 0 Å². The second-order valence-corrected chi connectivity index (χ2v) is 17.2. The molecule has 3 aromatic rings. The predicted octanol–water partition coefficient (Wildman–Crippen LogP) is 6.80. The number of aliphatic hydroxyl groups is 2. The summed E-state index contributed by atoms with van der Waals surface area (Å²) >= 11 is 6.13. The van der Waals surface area contributed by atoms with E-state index in [1.54, 1.807) is 0 Å². The molecule has 0 aliphatic heterocycles.